The minimum absolute atomic E-state index is 0.335. The summed E-state index contributed by atoms with van der Waals surface area (Å²) in [4.78, 5) is 0.335. The van der Waals surface area contributed by atoms with Crippen molar-refractivity contribution in [2.24, 2.45) is 0 Å². The number of anilines is 1. The van der Waals surface area contributed by atoms with Crippen molar-refractivity contribution in [3.63, 3.8) is 0 Å². The second kappa shape index (κ2) is 5.29. The lowest BCUT2D eigenvalue weighted by atomic mass is 10.1. The van der Waals surface area contributed by atoms with Crippen LogP contribution in [0.2, 0.25) is 0 Å². The van der Waals surface area contributed by atoms with Gasteiger partial charge in [-0.05, 0) is 68.1 Å². The third kappa shape index (κ3) is 3.02. The maximum absolute atomic E-state index is 12.5. The lowest BCUT2D eigenvalue weighted by Crippen LogP contribution is -2.14. The van der Waals surface area contributed by atoms with Gasteiger partial charge < -0.3 is 0 Å². The summed E-state index contributed by atoms with van der Waals surface area (Å²) in [5, 5.41) is 0. The molecule has 0 atom stereocenters. The molecule has 0 saturated heterocycles. The van der Waals surface area contributed by atoms with E-state index in [9.17, 15) is 8.42 Å². The maximum Gasteiger partial charge on any atom is 0.262 e. The van der Waals surface area contributed by atoms with E-state index in [1.54, 1.807) is 12.1 Å². The summed E-state index contributed by atoms with van der Waals surface area (Å²) in [5.41, 5.74) is 4.43. The highest BCUT2D eigenvalue weighted by atomic mass is 32.2. The van der Waals surface area contributed by atoms with E-state index in [4.69, 9.17) is 0 Å². The molecule has 2 aromatic carbocycles. The first-order valence-electron chi connectivity index (χ1n) is 6.47. The van der Waals surface area contributed by atoms with Crippen LogP contribution in [-0.4, -0.2) is 8.42 Å². The molecule has 0 saturated carbocycles. The molecule has 0 aliphatic heterocycles. The molecule has 0 amide bonds. The van der Waals surface area contributed by atoms with Crippen molar-refractivity contribution >= 4 is 15.7 Å². The van der Waals surface area contributed by atoms with Crippen LogP contribution in [0.3, 0.4) is 0 Å². The molecule has 0 spiro atoms. The molecular formula is C16H19NO2S. The monoisotopic (exact) mass is 289 g/mol. The Morgan fingerprint density at radius 3 is 2.15 bits per heavy atom. The fourth-order valence-corrected chi connectivity index (χ4v) is 3.50. The Bertz CT molecular complexity index is 749. The van der Waals surface area contributed by atoms with E-state index < -0.39 is 10.0 Å². The molecular weight excluding hydrogens is 270 g/mol. The second-order valence-electron chi connectivity index (χ2n) is 5.18. The number of hydrogen-bond donors (Lipinski definition) is 1. The van der Waals surface area contributed by atoms with Crippen LogP contribution in [-0.2, 0) is 10.0 Å². The highest BCUT2D eigenvalue weighted by Gasteiger charge is 2.17. The van der Waals surface area contributed by atoms with E-state index in [-0.39, 0.29) is 0 Å². The van der Waals surface area contributed by atoms with Crippen molar-refractivity contribution in [1.29, 1.82) is 0 Å². The van der Waals surface area contributed by atoms with Crippen molar-refractivity contribution < 1.29 is 8.42 Å². The topological polar surface area (TPSA) is 46.2 Å². The van der Waals surface area contributed by atoms with Crippen LogP contribution >= 0.6 is 0 Å². The first-order chi connectivity index (χ1) is 9.29. The van der Waals surface area contributed by atoms with Crippen molar-refractivity contribution in [1.82, 2.24) is 0 Å². The van der Waals surface area contributed by atoms with Gasteiger partial charge in [-0.15, -0.1) is 0 Å². The SMILES string of the molecule is Cc1cccc(NS(=O)(=O)c2cc(C)c(C)cc2C)c1. The van der Waals surface area contributed by atoms with E-state index in [1.165, 1.54) is 0 Å². The Morgan fingerprint density at radius 2 is 1.50 bits per heavy atom. The van der Waals surface area contributed by atoms with Gasteiger partial charge in [0.25, 0.3) is 10.0 Å². The summed E-state index contributed by atoms with van der Waals surface area (Å²) in [7, 11) is -3.55. The fraction of sp³-hybridized carbons (Fsp3) is 0.250. The minimum atomic E-state index is -3.55. The molecule has 2 aromatic rings. The highest BCUT2D eigenvalue weighted by molar-refractivity contribution is 7.92. The van der Waals surface area contributed by atoms with E-state index in [2.05, 4.69) is 4.72 Å². The zero-order valence-electron chi connectivity index (χ0n) is 12.2. The molecule has 0 radical (unpaired) electrons. The molecule has 0 bridgehead atoms. The second-order valence-corrected chi connectivity index (χ2v) is 6.83. The van der Waals surface area contributed by atoms with Gasteiger partial charge in [-0.25, -0.2) is 8.42 Å². The molecule has 0 aliphatic carbocycles. The Kier molecular flexibility index (Phi) is 3.86. The third-order valence-electron chi connectivity index (χ3n) is 3.35. The van der Waals surface area contributed by atoms with Crippen LogP contribution in [0.4, 0.5) is 5.69 Å². The molecule has 0 heterocycles. The quantitative estimate of drug-likeness (QED) is 0.936. The molecule has 4 heteroatoms. The Balaban J connectivity index is 2.43. The lowest BCUT2D eigenvalue weighted by molar-refractivity contribution is 0.600. The predicted molar refractivity (Wildman–Crippen MR) is 82.6 cm³/mol. The van der Waals surface area contributed by atoms with Gasteiger partial charge >= 0.3 is 0 Å². The Hall–Kier alpha value is -1.81. The molecule has 0 aliphatic rings. The zero-order valence-corrected chi connectivity index (χ0v) is 13.0. The molecule has 20 heavy (non-hydrogen) atoms. The van der Waals surface area contributed by atoms with E-state index >= 15 is 0 Å². The van der Waals surface area contributed by atoms with Gasteiger partial charge in [0, 0.05) is 5.69 Å². The lowest BCUT2D eigenvalue weighted by Gasteiger charge is -2.13. The molecule has 0 unspecified atom stereocenters. The number of hydrogen-bond acceptors (Lipinski definition) is 2. The van der Waals surface area contributed by atoms with Gasteiger partial charge in [-0.2, -0.15) is 0 Å². The number of sulfonamides is 1. The highest BCUT2D eigenvalue weighted by Crippen LogP contribution is 2.23. The van der Waals surface area contributed by atoms with Crippen molar-refractivity contribution in [3.8, 4) is 0 Å². The summed E-state index contributed by atoms with van der Waals surface area (Å²) in [6.45, 7) is 7.64. The Morgan fingerprint density at radius 1 is 0.850 bits per heavy atom. The van der Waals surface area contributed by atoms with Crippen molar-refractivity contribution in [2.75, 3.05) is 4.72 Å². The largest absolute Gasteiger partial charge is 0.280 e. The van der Waals surface area contributed by atoms with Crippen LogP contribution in [0.25, 0.3) is 0 Å². The molecule has 3 nitrogen and oxygen atoms in total. The van der Waals surface area contributed by atoms with Gasteiger partial charge in [-0.1, -0.05) is 18.2 Å². The summed E-state index contributed by atoms with van der Waals surface area (Å²) in [5.74, 6) is 0. The average Bonchev–Trinajstić information content (AvgIpc) is 2.33. The minimum Gasteiger partial charge on any atom is -0.280 e. The molecule has 0 aromatic heterocycles. The maximum atomic E-state index is 12.5. The summed E-state index contributed by atoms with van der Waals surface area (Å²) < 4.78 is 27.6. The van der Waals surface area contributed by atoms with Gasteiger partial charge in [0.05, 0.1) is 4.90 Å². The fourth-order valence-electron chi connectivity index (χ4n) is 2.14. The normalized spacial score (nSPS) is 11.4. The van der Waals surface area contributed by atoms with Crippen molar-refractivity contribution in [2.45, 2.75) is 32.6 Å². The zero-order chi connectivity index (χ0) is 14.9. The number of aryl methyl sites for hydroxylation is 4. The van der Waals surface area contributed by atoms with Crippen LogP contribution < -0.4 is 4.72 Å². The number of rotatable bonds is 3. The van der Waals surface area contributed by atoms with Gasteiger partial charge in [0.2, 0.25) is 0 Å². The van der Waals surface area contributed by atoms with E-state index in [0.717, 1.165) is 22.3 Å². The molecule has 2 rings (SSSR count). The smallest absolute Gasteiger partial charge is 0.262 e. The molecule has 106 valence electrons. The first kappa shape index (κ1) is 14.6. The van der Waals surface area contributed by atoms with Gasteiger partial charge in [-0.3, -0.25) is 4.72 Å². The van der Waals surface area contributed by atoms with E-state index in [1.807, 2.05) is 52.0 Å². The average molecular weight is 289 g/mol. The van der Waals surface area contributed by atoms with Crippen LogP contribution in [0, 0.1) is 27.7 Å². The Labute approximate surface area is 120 Å². The van der Waals surface area contributed by atoms with E-state index in [0.29, 0.717) is 10.6 Å². The van der Waals surface area contributed by atoms with Crippen LogP contribution in [0.15, 0.2) is 41.3 Å². The van der Waals surface area contributed by atoms with Crippen molar-refractivity contribution in [3.05, 3.63) is 58.7 Å². The number of nitrogens with one attached hydrogen (secondary N) is 1. The number of benzene rings is 2. The third-order valence-corrected chi connectivity index (χ3v) is 4.87. The summed E-state index contributed by atoms with van der Waals surface area (Å²) >= 11 is 0. The van der Waals surface area contributed by atoms with Crippen LogP contribution in [0.1, 0.15) is 22.3 Å². The van der Waals surface area contributed by atoms with Crippen LogP contribution in [0.5, 0.6) is 0 Å². The summed E-state index contributed by atoms with van der Waals surface area (Å²) in [6.07, 6.45) is 0. The van der Waals surface area contributed by atoms with Gasteiger partial charge in [0.15, 0.2) is 0 Å². The molecule has 0 fully saturated rings. The molecule has 1 N–H and O–H groups in total. The summed E-state index contributed by atoms with van der Waals surface area (Å²) in [6, 6.07) is 11.0. The predicted octanol–water partition coefficient (Wildman–Crippen LogP) is 3.72. The first-order valence-corrected chi connectivity index (χ1v) is 7.95. The standard InChI is InChI=1S/C16H19NO2S/c1-11-6-5-7-15(8-11)17-20(18,19)16-10-13(3)12(2)9-14(16)4/h5-10,17H,1-4H3. The van der Waals surface area contributed by atoms with Gasteiger partial charge in [0.1, 0.15) is 0 Å².